The lowest BCUT2D eigenvalue weighted by molar-refractivity contribution is -0.140. The van der Waals surface area contributed by atoms with Gasteiger partial charge in [0.2, 0.25) is 11.8 Å². The highest BCUT2D eigenvalue weighted by molar-refractivity contribution is 9.10. The number of anilines is 1. The summed E-state index contributed by atoms with van der Waals surface area (Å²) in [5, 5.41) is 2.83. The zero-order valence-electron chi connectivity index (χ0n) is 23.0. The zero-order valence-corrected chi connectivity index (χ0v) is 25.4. The highest BCUT2D eigenvalue weighted by Crippen LogP contribution is 2.25. The Morgan fingerprint density at radius 3 is 2.02 bits per heavy atom. The molecule has 1 atom stereocenters. The number of halogens is 2. The molecule has 4 rings (SSSR count). The summed E-state index contributed by atoms with van der Waals surface area (Å²) in [6, 6.07) is 28.5. The number of carbonyl (C=O) groups excluding carboxylic acids is 2. The molecule has 0 bridgehead atoms. The number of sulfonamides is 1. The van der Waals surface area contributed by atoms with Gasteiger partial charge in [-0.2, -0.15) is 0 Å². The van der Waals surface area contributed by atoms with Gasteiger partial charge in [-0.3, -0.25) is 13.9 Å². The number of para-hydroxylation sites is 1. The molecule has 0 saturated heterocycles. The normalized spacial score (nSPS) is 11.9. The predicted octanol–water partition coefficient (Wildman–Crippen LogP) is 5.56. The van der Waals surface area contributed by atoms with Crippen LogP contribution in [0.4, 0.5) is 10.1 Å². The van der Waals surface area contributed by atoms with E-state index in [4.69, 9.17) is 0 Å². The van der Waals surface area contributed by atoms with Gasteiger partial charge < -0.3 is 10.2 Å². The molecule has 7 nitrogen and oxygen atoms in total. The molecule has 0 aromatic heterocycles. The zero-order chi connectivity index (χ0) is 30.1. The third-order valence-corrected chi connectivity index (χ3v) is 8.93. The summed E-state index contributed by atoms with van der Waals surface area (Å²) >= 11 is 3.42. The van der Waals surface area contributed by atoms with Gasteiger partial charge in [-0.05, 0) is 66.6 Å². The van der Waals surface area contributed by atoms with E-state index in [2.05, 4.69) is 21.2 Å². The number of carbonyl (C=O) groups is 2. The standard InChI is InChI=1S/C32H31BrFN3O4S/c1-2-35-32(39)30(21-24-9-5-3-6-10-24)36(22-25-13-15-26(33)16-14-25)31(38)23-37(28-11-7-4-8-12-28)42(40,41)29-19-17-27(34)18-20-29/h3-20,30H,2,21-23H2,1H3,(H,35,39). The molecule has 0 spiro atoms. The number of benzene rings is 4. The Morgan fingerprint density at radius 1 is 0.833 bits per heavy atom. The van der Waals surface area contributed by atoms with Crippen LogP contribution in [0.5, 0.6) is 0 Å². The largest absolute Gasteiger partial charge is 0.355 e. The number of likely N-dealkylation sites (N-methyl/N-ethyl adjacent to an activating group) is 1. The Morgan fingerprint density at radius 2 is 1.43 bits per heavy atom. The molecule has 10 heteroatoms. The van der Waals surface area contributed by atoms with Crippen molar-refractivity contribution in [2.75, 3.05) is 17.4 Å². The summed E-state index contributed by atoms with van der Waals surface area (Å²) in [5.74, 6) is -1.50. The van der Waals surface area contributed by atoms with Gasteiger partial charge in [-0.15, -0.1) is 0 Å². The molecule has 2 amide bonds. The Hall–Kier alpha value is -4.02. The molecule has 4 aromatic carbocycles. The van der Waals surface area contributed by atoms with Crippen LogP contribution >= 0.6 is 15.9 Å². The van der Waals surface area contributed by atoms with Crippen LogP contribution in [-0.4, -0.2) is 44.3 Å². The fourth-order valence-corrected chi connectivity index (χ4v) is 6.17. The lowest BCUT2D eigenvalue weighted by Gasteiger charge is -2.33. The molecular formula is C32H31BrFN3O4S. The second-order valence-electron chi connectivity index (χ2n) is 9.55. The van der Waals surface area contributed by atoms with Gasteiger partial charge in [0.15, 0.2) is 0 Å². The first-order chi connectivity index (χ1) is 20.2. The van der Waals surface area contributed by atoms with Crippen LogP contribution in [0.15, 0.2) is 119 Å². The molecule has 4 aromatic rings. The highest BCUT2D eigenvalue weighted by atomic mass is 79.9. The first kappa shape index (κ1) is 30.9. The van der Waals surface area contributed by atoms with E-state index in [-0.39, 0.29) is 29.5 Å². The Kier molecular flexibility index (Phi) is 10.5. The monoisotopic (exact) mass is 651 g/mol. The minimum Gasteiger partial charge on any atom is -0.355 e. The second kappa shape index (κ2) is 14.2. The molecular weight excluding hydrogens is 621 g/mol. The maximum Gasteiger partial charge on any atom is 0.264 e. The number of nitrogens with zero attached hydrogens (tertiary/aromatic N) is 2. The lowest BCUT2D eigenvalue weighted by Crippen LogP contribution is -2.53. The molecule has 0 saturated carbocycles. The van der Waals surface area contributed by atoms with Crippen molar-refractivity contribution in [3.63, 3.8) is 0 Å². The Bertz CT molecular complexity index is 1590. The lowest BCUT2D eigenvalue weighted by atomic mass is 10.0. The van der Waals surface area contributed by atoms with E-state index in [1.54, 1.807) is 37.3 Å². The fourth-order valence-electron chi connectivity index (χ4n) is 4.49. The van der Waals surface area contributed by atoms with E-state index < -0.39 is 34.3 Å². The molecule has 42 heavy (non-hydrogen) atoms. The van der Waals surface area contributed by atoms with Crippen molar-refractivity contribution in [1.82, 2.24) is 10.2 Å². The van der Waals surface area contributed by atoms with Crippen molar-refractivity contribution in [3.8, 4) is 0 Å². The predicted molar refractivity (Wildman–Crippen MR) is 165 cm³/mol. The van der Waals surface area contributed by atoms with Gasteiger partial charge in [0, 0.05) is 24.0 Å². The number of hydrogen-bond donors (Lipinski definition) is 1. The summed E-state index contributed by atoms with van der Waals surface area (Å²) in [6.45, 7) is 1.65. The summed E-state index contributed by atoms with van der Waals surface area (Å²) < 4.78 is 43.2. The number of amides is 2. The summed E-state index contributed by atoms with van der Waals surface area (Å²) in [6.07, 6.45) is 0.227. The number of nitrogens with one attached hydrogen (secondary N) is 1. The van der Waals surface area contributed by atoms with Gasteiger partial charge >= 0.3 is 0 Å². The Labute approximate surface area is 254 Å². The van der Waals surface area contributed by atoms with Crippen LogP contribution in [0.1, 0.15) is 18.1 Å². The topological polar surface area (TPSA) is 86.8 Å². The van der Waals surface area contributed by atoms with E-state index in [0.717, 1.165) is 44.2 Å². The molecule has 1 N–H and O–H groups in total. The van der Waals surface area contributed by atoms with Crippen LogP contribution in [0.3, 0.4) is 0 Å². The average Bonchev–Trinajstić information content (AvgIpc) is 2.99. The molecule has 0 aliphatic carbocycles. The maximum atomic E-state index is 14.2. The minimum absolute atomic E-state index is 0.0694. The van der Waals surface area contributed by atoms with Crippen molar-refractivity contribution < 1.29 is 22.4 Å². The van der Waals surface area contributed by atoms with Crippen LogP contribution in [0, 0.1) is 5.82 Å². The highest BCUT2D eigenvalue weighted by Gasteiger charge is 2.34. The molecule has 0 aliphatic rings. The second-order valence-corrected chi connectivity index (χ2v) is 12.3. The van der Waals surface area contributed by atoms with E-state index in [1.165, 1.54) is 4.90 Å². The first-order valence-corrected chi connectivity index (χ1v) is 15.6. The number of hydrogen-bond acceptors (Lipinski definition) is 4. The smallest absolute Gasteiger partial charge is 0.264 e. The van der Waals surface area contributed by atoms with Gasteiger partial charge in [0.25, 0.3) is 10.0 Å². The van der Waals surface area contributed by atoms with Crippen LogP contribution in [-0.2, 0) is 32.6 Å². The van der Waals surface area contributed by atoms with E-state index >= 15 is 0 Å². The van der Waals surface area contributed by atoms with Gasteiger partial charge in [0.1, 0.15) is 18.4 Å². The van der Waals surface area contributed by atoms with Gasteiger partial charge in [-0.25, -0.2) is 12.8 Å². The van der Waals surface area contributed by atoms with Gasteiger partial charge in [0.05, 0.1) is 10.6 Å². The Balaban J connectivity index is 1.77. The quantitative estimate of drug-likeness (QED) is 0.217. The minimum atomic E-state index is -4.28. The van der Waals surface area contributed by atoms with Gasteiger partial charge in [-0.1, -0.05) is 76.6 Å². The molecule has 1 unspecified atom stereocenters. The van der Waals surface area contributed by atoms with Crippen LogP contribution < -0.4 is 9.62 Å². The maximum absolute atomic E-state index is 14.2. The molecule has 0 heterocycles. The molecule has 0 aliphatic heterocycles. The van der Waals surface area contributed by atoms with Crippen molar-refractivity contribution in [2.45, 2.75) is 30.8 Å². The molecule has 0 fully saturated rings. The summed E-state index contributed by atoms with van der Waals surface area (Å²) in [5.41, 5.74) is 1.87. The third-order valence-electron chi connectivity index (χ3n) is 6.61. The number of rotatable bonds is 12. The van der Waals surface area contributed by atoms with Crippen molar-refractivity contribution in [3.05, 3.63) is 131 Å². The molecule has 218 valence electrons. The third kappa shape index (κ3) is 7.83. The first-order valence-electron chi connectivity index (χ1n) is 13.4. The SMILES string of the molecule is CCNC(=O)C(Cc1ccccc1)N(Cc1ccc(Br)cc1)C(=O)CN(c1ccccc1)S(=O)(=O)c1ccc(F)cc1. The van der Waals surface area contributed by atoms with E-state index in [1.807, 2.05) is 54.6 Å². The summed E-state index contributed by atoms with van der Waals surface area (Å²) in [7, 11) is -4.28. The van der Waals surface area contributed by atoms with Crippen molar-refractivity contribution in [2.24, 2.45) is 0 Å². The summed E-state index contributed by atoms with van der Waals surface area (Å²) in [4.78, 5) is 29.0. The van der Waals surface area contributed by atoms with E-state index in [9.17, 15) is 22.4 Å². The molecule has 0 radical (unpaired) electrons. The van der Waals surface area contributed by atoms with Crippen molar-refractivity contribution >= 4 is 43.5 Å². The van der Waals surface area contributed by atoms with Crippen molar-refractivity contribution in [1.29, 1.82) is 0 Å². The average molecular weight is 653 g/mol. The van der Waals surface area contributed by atoms with Crippen LogP contribution in [0.2, 0.25) is 0 Å². The fraction of sp³-hybridized carbons (Fsp3) is 0.188. The van der Waals surface area contributed by atoms with E-state index in [0.29, 0.717) is 6.54 Å². The van der Waals surface area contributed by atoms with Crippen LogP contribution in [0.25, 0.3) is 0 Å².